The molecule has 0 bridgehead atoms. The smallest absolute Gasteiger partial charge is 0.229 e. The monoisotopic (exact) mass is 360 g/mol. The number of benzene rings is 1. The lowest BCUT2D eigenvalue weighted by Gasteiger charge is -2.25. The van der Waals surface area contributed by atoms with E-state index < -0.39 is 9.84 Å². The minimum absolute atomic E-state index is 0.0349. The predicted octanol–water partition coefficient (Wildman–Crippen LogP) is 2.77. The maximum absolute atomic E-state index is 11.8. The van der Waals surface area contributed by atoms with Gasteiger partial charge in [0.2, 0.25) is 5.95 Å². The van der Waals surface area contributed by atoms with Gasteiger partial charge in [-0.1, -0.05) is 18.2 Å². The fourth-order valence-electron chi connectivity index (χ4n) is 3.18. The molecule has 0 saturated carbocycles. The summed E-state index contributed by atoms with van der Waals surface area (Å²) in [5.74, 6) is 1.70. The van der Waals surface area contributed by atoms with E-state index >= 15 is 0 Å². The van der Waals surface area contributed by atoms with Crippen molar-refractivity contribution in [2.24, 2.45) is 0 Å². The van der Waals surface area contributed by atoms with Crippen LogP contribution in [0.3, 0.4) is 0 Å². The van der Waals surface area contributed by atoms with Crippen LogP contribution in [0.5, 0.6) is 0 Å². The third kappa shape index (κ3) is 3.92. The Bertz CT molecular complexity index is 876. The molecule has 1 aliphatic rings. The quantitative estimate of drug-likeness (QED) is 0.904. The molecular weight excluding hydrogens is 336 g/mol. The van der Waals surface area contributed by atoms with E-state index in [9.17, 15) is 8.42 Å². The third-order valence-corrected chi connectivity index (χ3v) is 6.43. The zero-order valence-corrected chi connectivity index (χ0v) is 15.9. The molecule has 2 heterocycles. The first-order valence-corrected chi connectivity index (χ1v) is 10.2. The largest absolute Gasteiger partial charge is 0.355 e. The van der Waals surface area contributed by atoms with Crippen LogP contribution in [0, 0.1) is 20.8 Å². The molecule has 1 aromatic heterocycles. The molecule has 7 heteroatoms. The Hall–Kier alpha value is -2.15. The fraction of sp³-hybridized carbons (Fsp3) is 0.444. The van der Waals surface area contributed by atoms with E-state index in [0.717, 1.165) is 28.3 Å². The summed E-state index contributed by atoms with van der Waals surface area (Å²) in [5.41, 5.74) is 4.10. The molecule has 1 fully saturated rings. The molecule has 134 valence electrons. The molecule has 1 saturated heterocycles. The van der Waals surface area contributed by atoms with Crippen molar-refractivity contribution in [1.82, 2.24) is 9.97 Å². The van der Waals surface area contributed by atoms with Crippen LogP contribution < -0.4 is 10.2 Å². The lowest BCUT2D eigenvalue weighted by atomic mass is 10.1. The molecule has 0 aliphatic carbocycles. The van der Waals surface area contributed by atoms with Gasteiger partial charge in [-0.15, -0.1) is 0 Å². The topological polar surface area (TPSA) is 75.2 Å². The van der Waals surface area contributed by atoms with Crippen molar-refractivity contribution in [3.8, 4) is 0 Å². The second kappa shape index (κ2) is 6.63. The molecule has 0 amide bonds. The highest BCUT2D eigenvalue weighted by Crippen LogP contribution is 2.26. The third-order valence-electron chi connectivity index (χ3n) is 4.68. The molecule has 1 aliphatic heterocycles. The maximum Gasteiger partial charge on any atom is 0.229 e. The molecular formula is C18H24N4O2S. The van der Waals surface area contributed by atoms with Crippen LogP contribution in [0.4, 0.5) is 17.5 Å². The Morgan fingerprint density at radius 1 is 1.16 bits per heavy atom. The average Bonchev–Trinajstić information content (AvgIpc) is 2.90. The van der Waals surface area contributed by atoms with Crippen LogP contribution >= 0.6 is 0 Å². The first-order valence-electron chi connectivity index (χ1n) is 8.37. The molecule has 1 atom stereocenters. The summed E-state index contributed by atoms with van der Waals surface area (Å²) in [6.07, 6.45) is 0.640. The Balaban J connectivity index is 1.88. The molecule has 1 unspecified atom stereocenters. The van der Waals surface area contributed by atoms with Crippen LogP contribution in [0.1, 0.15) is 23.2 Å². The number of para-hydroxylation sites is 1. The van der Waals surface area contributed by atoms with Crippen molar-refractivity contribution >= 4 is 27.3 Å². The van der Waals surface area contributed by atoms with Gasteiger partial charge in [0.1, 0.15) is 5.82 Å². The molecule has 3 rings (SSSR count). The fourth-order valence-corrected chi connectivity index (χ4v) is 4.95. The van der Waals surface area contributed by atoms with Crippen LogP contribution in [0.15, 0.2) is 24.3 Å². The number of sulfone groups is 1. The van der Waals surface area contributed by atoms with Gasteiger partial charge in [0, 0.05) is 30.5 Å². The van der Waals surface area contributed by atoms with E-state index in [1.165, 1.54) is 0 Å². The number of hydrogen-bond acceptors (Lipinski definition) is 6. The van der Waals surface area contributed by atoms with Crippen molar-refractivity contribution in [3.63, 3.8) is 0 Å². The van der Waals surface area contributed by atoms with Gasteiger partial charge in [-0.05, 0) is 38.3 Å². The molecule has 0 radical (unpaired) electrons. The summed E-state index contributed by atoms with van der Waals surface area (Å²) >= 11 is 0. The lowest BCUT2D eigenvalue weighted by molar-refractivity contribution is 0.600. The van der Waals surface area contributed by atoms with E-state index in [4.69, 9.17) is 0 Å². The van der Waals surface area contributed by atoms with Crippen molar-refractivity contribution in [1.29, 1.82) is 0 Å². The Morgan fingerprint density at radius 2 is 1.84 bits per heavy atom. The minimum atomic E-state index is -2.93. The zero-order chi connectivity index (χ0) is 18.2. The number of anilines is 3. The Kier molecular flexibility index (Phi) is 4.69. The normalized spacial score (nSPS) is 19.0. The summed E-state index contributed by atoms with van der Waals surface area (Å²) in [5, 5.41) is 3.32. The van der Waals surface area contributed by atoms with Gasteiger partial charge in [-0.25, -0.2) is 13.4 Å². The van der Waals surface area contributed by atoms with Crippen LogP contribution in [-0.2, 0) is 9.84 Å². The summed E-state index contributed by atoms with van der Waals surface area (Å²) in [4.78, 5) is 11.0. The van der Waals surface area contributed by atoms with Gasteiger partial charge in [-0.2, -0.15) is 4.98 Å². The first-order chi connectivity index (χ1) is 11.7. The first kappa shape index (κ1) is 17.7. The van der Waals surface area contributed by atoms with Crippen LogP contribution in [0.25, 0.3) is 0 Å². The van der Waals surface area contributed by atoms with Crippen molar-refractivity contribution in [2.45, 2.75) is 33.2 Å². The van der Waals surface area contributed by atoms with Gasteiger partial charge >= 0.3 is 0 Å². The number of hydrogen-bond donors (Lipinski definition) is 1. The number of nitrogens with one attached hydrogen (secondary N) is 1. The second-order valence-corrected chi connectivity index (χ2v) is 8.98. The average molecular weight is 360 g/mol. The number of aryl methyl sites for hydroxylation is 3. The SMILES string of the molecule is Cc1cc(N(C)C2CCS(=O)(=O)C2)nc(Nc2c(C)cccc2C)n1. The van der Waals surface area contributed by atoms with Crippen molar-refractivity contribution in [2.75, 3.05) is 28.8 Å². The van der Waals surface area contributed by atoms with Crippen molar-refractivity contribution < 1.29 is 8.42 Å². The molecule has 6 nitrogen and oxygen atoms in total. The molecule has 2 aromatic rings. The van der Waals surface area contributed by atoms with Gasteiger partial charge in [-0.3, -0.25) is 0 Å². The number of aromatic nitrogens is 2. The lowest BCUT2D eigenvalue weighted by Crippen LogP contribution is -2.33. The number of nitrogens with zero attached hydrogens (tertiary/aromatic N) is 3. The van der Waals surface area contributed by atoms with Crippen molar-refractivity contribution in [3.05, 3.63) is 41.1 Å². The Morgan fingerprint density at radius 3 is 2.44 bits per heavy atom. The molecule has 0 spiro atoms. The second-order valence-electron chi connectivity index (χ2n) is 6.75. The summed E-state index contributed by atoms with van der Waals surface area (Å²) < 4.78 is 23.5. The van der Waals surface area contributed by atoms with E-state index in [1.54, 1.807) is 0 Å². The van der Waals surface area contributed by atoms with Gasteiger partial charge in [0.15, 0.2) is 9.84 Å². The van der Waals surface area contributed by atoms with Gasteiger partial charge < -0.3 is 10.2 Å². The van der Waals surface area contributed by atoms with Gasteiger partial charge in [0.05, 0.1) is 11.5 Å². The Labute approximate surface area is 149 Å². The maximum atomic E-state index is 11.8. The highest BCUT2D eigenvalue weighted by Gasteiger charge is 2.31. The van der Waals surface area contributed by atoms with E-state index in [2.05, 4.69) is 15.3 Å². The van der Waals surface area contributed by atoms with E-state index in [0.29, 0.717) is 12.4 Å². The van der Waals surface area contributed by atoms with Gasteiger partial charge in [0.25, 0.3) is 0 Å². The standard InChI is InChI=1S/C18H24N4O2S/c1-12-6-5-7-13(2)17(12)21-18-19-14(3)10-16(20-18)22(4)15-8-9-25(23,24)11-15/h5-7,10,15H,8-9,11H2,1-4H3,(H,19,20,21). The molecule has 25 heavy (non-hydrogen) atoms. The number of rotatable bonds is 4. The molecule has 1 N–H and O–H groups in total. The predicted molar refractivity (Wildman–Crippen MR) is 101 cm³/mol. The highest BCUT2D eigenvalue weighted by molar-refractivity contribution is 7.91. The summed E-state index contributed by atoms with van der Waals surface area (Å²) in [6.45, 7) is 6.00. The van der Waals surface area contributed by atoms with E-state index in [1.807, 2.05) is 57.0 Å². The van der Waals surface area contributed by atoms with Crippen LogP contribution in [0.2, 0.25) is 0 Å². The summed E-state index contributed by atoms with van der Waals surface area (Å²) in [7, 11) is -1.03. The molecule has 1 aromatic carbocycles. The minimum Gasteiger partial charge on any atom is -0.355 e. The highest BCUT2D eigenvalue weighted by atomic mass is 32.2. The zero-order valence-electron chi connectivity index (χ0n) is 15.1. The van der Waals surface area contributed by atoms with Crippen LogP contribution in [-0.4, -0.2) is 43.0 Å². The summed E-state index contributed by atoms with van der Waals surface area (Å²) in [6, 6.07) is 7.96. The van der Waals surface area contributed by atoms with E-state index in [-0.39, 0.29) is 17.5 Å².